The lowest BCUT2D eigenvalue weighted by Gasteiger charge is -2.18. The summed E-state index contributed by atoms with van der Waals surface area (Å²) in [6, 6.07) is 0. The summed E-state index contributed by atoms with van der Waals surface area (Å²) in [7, 11) is 0. The van der Waals surface area contributed by atoms with Crippen LogP contribution in [0.2, 0.25) is 0 Å². The van der Waals surface area contributed by atoms with Crippen LogP contribution >= 0.6 is 0 Å². The van der Waals surface area contributed by atoms with Gasteiger partial charge in [0.15, 0.2) is 0 Å². The molecule has 2 saturated carbocycles. The number of nitrogens with zero attached hydrogens (tertiary/aromatic N) is 3. The van der Waals surface area contributed by atoms with Gasteiger partial charge in [-0.25, -0.2) is 0 Å². The van der Waals surface area contributed by atoms with Crippen molar-refractivity contribution in [2.24, 2.45) is 22.9 Å². The molecule has 2 rings (SSSR count). The van der Waals surface area contributed by atoms with Gasteiger partial charge in [0.1, 0.15) is 5.78 Å². The number of hydrogen-bond donors (Lipinski definition) is 0. The summed E-state index contributed by atoms with van der Waals surface area (Å²) in [4.78, 5) is 24.9. The number of rotatable bonds is 2. The zero-order valence-corrected chi connectivity index (χ0v) is 7.72. The second-order valence-corrected chi connectivity index (χ2v) is 4.16. The molecule has 5 nitrogen and oxygen atoms in total. The Bertz CT molecular complexity index is 333. The van der Waals surface area contributed by atoms with Gasteiger partial charge in [-0.2, -0.15) is 0 Å². The third-order valence-electron chi connectivity index (χ3n) is 3.29. The number of ketones is 1. The first-order valence-electron chi connectivity index (χ1n) is 4.81. The third kappa shape index (κ3) is 1.51. The zero-order chi connectivity index (χ0) is 10.1. The van der Waals surface area contributed by atoms with Crippen LogP contribution in [0.5, 0.6) is 0 Å². The molecule has 0 saturated heterocycles. The van der Waals surface area contributed by atoms with Gasteiger partial charge in [0.05, 0.1) is 0 Å². The molecule has 0 spiro atoms. The van der Waals surface area contributed by atoms with Gasteiger partial charge in [-0.3, -0.25) is 9.59 Å². The second kappa shape index (κ2) is 3.42. The van der Waals surface area contributed by atoms with Crippen LogP contribution in [-0.4, -0.2) is 11.7 Å². The number of amides is 1. The van der Waals surface area contributed by atoms with Crippen LogP contribution in [-0.2, 0) is 9.59 Å². The summed E-state index contributed by atoms with van der Waals surface area (Å²) in [6.07, 6.45) is 2.82. The van der Waals surface area contributed by atoms with Crippen LogP contribution in [0.4, 0.5) is 0 Å². The quantitative estimate of drug-likeness (QED) is 0.380. The molecule has 0 radical (unpaired) electrons. The van der Waals surface area contributed by atoms with Gasteiger partial charge in [0.2, 0.25) is 5.91 Å². The van der Waals surface area contributed by atoms with E-state index in [9.17, 15) is 9.59 Å². The molecule has 0 aromatic heterocycles. The van der Waals surface area contributed by atoms with Gasteiger partial charge < -0.3 is 0 Å². The molecule has 5 heteroatoms. The molecule has 0 N–H and O–H groups in total. The lowest BCUT2D eigenvalue weighted by molar-refractivity contribution is -0.124. The standard InChI is InChI=1S/C9H11N3O2/c10-12-11-9(14)4-6-1-5-2-7(6)8(13)3-5/h5-7H,1-4H2/t5-,6-,7-/m0/s1. The number of fused-ring (bicyclic) bond motifs is 2. The fourth-order valence-corrected chi connectivity index (χ4v) is 2.78. The lowest BCUT2D eigenvalue weighted by atomic mass is 9.85. The van der Waals surface area contributed by atoms with Crippen molar-refractivity contribution in [2.45, 2.75) is 25.7 Å². The molecule has 2 aliphatic rings. The average molecular weight is 193 g/mol. The number of carbonyl (C=O) groups excluding carboxylic acids is 2. The minimum absolute atomic E-state index is 0.0674. The molecule has 0 unspecified atom stereocenters. The number of carbonyl (C=O) groups is 2. The summed E-state index contributed by atoms with van der Waals surface area (Å²) in [6.45, 7) is 0. The van der Waals surface area contributed by atoms with Gasteiger partial charge in [-0.15, -0.1) is 0 Å². The molecule has 3 atom stereocenters. The van der Waals surface area contributed by atoms with Gasteiger partial charge >= 0.3 is 0 Å². The topological polar surface area (TPSA) is 82.9 Å². The van der Waals surface area contributed by atoms with Gasteiger partial charge in [-0.05, 0) is 35.3 Å². The average Bonchev–Trinajstić information content (AvgIpc) is 2.62. The summed E-state index contributed by atoms with van der Waals surface area (Å²) < 4.78 is 0. The highest BCUT2D eigenvalue weighted by molar-refractivity contribution is 5.86. The first kappa shape index (κ1) is 9.21. The Morgan fingerprint density at radius 3 is 2.93 bits per heavy atom. The van der Waals surface area contributed by atoms with E-state index in [4.69, 9.17) is 5.53 Å². The molecule has 0 aliphatic heterocycles. The molecular weight excluding hydrogens is 182 g/mol. The van der Waals surface area contributed by atoms with E-state index in [2.05, 4.69) is 10.0 Å². The van der Waals surface area contributed by atoms with Crippen molar-refractivity contribution in [1.82, 2.24) is 0 Å². The van der Waals surface area contributed by atoms with E-state index >= 15 is 0 Å². The van der Waals surface area contributed by atoms with E-state index in [1.165, 1.54) is 0 Å². The number of hydrogen-bond acceptors (Lipinski definition) is 2. The maximum atomic E-state index is 11.4. The van der Waals surface area contributed by atoms with E-state index in [-0.39, 0.29) is 18.3 Å². The first-order valence-corrected chi connectivity index (χ1v) is 4.81. The van der Waals surface area contributed by atoms with E-state index in [0.717, 1.165) is 12.8 Å². The molecular formula is C9H11N3O2. The second-order valence-electron chi connectivity index (χ2n) is 4.16. The molecule has 2 aliphatic carbocycles. The van der Waals surface area contributed by atoms with Crippen LogP contribution in [0.1, 0.15) is 25.7 Å². The smallest absolute Gasteiger partial charge is 0.219 e. The highest BCUT2D eigenvalue weighted by atomic mass is 16.1. The van der Waals surface area contributed by atoms with Crippen molar-refractivity contribution < 1.29 is 9.59 Å². The monoisotopic (exact) mass is 193 g/mol. The highest BCUT2D eigenvalue weighted by Crippen LogP contribution is 2.47. The minimum Gasteiger partial charge on any atom is -0.299 e. The zero-order valence-electron chi connectivity index (χ0n) is 7.72. The van der Waals surface area contributed by atoms with Crippen molar-refractivity contribution in [1.29, 1.82) is 0 Å². The summed E-state index contributed by atoms with van der Waals surface area (Å²) in [5.41, 5.74) is 8.07. The van der Waals surface area contributed by atoms with E-state index in [0.29, 0.717) is 18.1 Å². The van der Waals surface area contributed by atoms with E-state index < -0.39 is 5.91 Å². The fraction of sp³-hybridized carbons (Fsp3) is 0.778. The molecule has 0 heterocycles. The number of Topliss-reactive ketones (excluding diaryl/α,β-unsaturated/α-hetero) is 1. The largest absolute Gasteiger partial charge is 0.299 e. The Morgan fingerprint density at radius 1 is 1.57 bits per heavy atom. The van der Waals surface area contributed by atoms with Crippen LogP contribution in [0.25, 0.3) is 10.4 Å². The Morgan fingerprint density at radius 2 is 2.36 bits per heavy atom. The molecule has 2 fully saturated rings. The van der Waals surface area contributed by atoms with Crippen LogP contribution in [0.15, 0.2) is 5.11 Å². The number of azide groups is 1. The van der Waals surface area contributed by atoms with Crippen LogP contribution < -0.4 is 0 Å². The van der Waals surface area contributed by atoms with E-state index in [1.807, 2.05) is 0 Å². The minimum atomic E-state index is -0.433. The fourth-order valence-electron chi connectivity index (χ4n) is 2.78. The summed E-state index contributed by atoms with van der Waals surface area (Å²) in [5, 5.41) is 3.03. The van der Waals surface area contributed by atoms with Gasteiger partial charge in [0.25, 0.3) is 0 Å². The molecule has 0 aromatic carbocycles. The molecule has 2 bridgehead atoms. The van der Waals surface area contributed by atoms with Crippen LogP contribution in [0.3, 0.4) is 0 Å². The SMILES string of the molecule is [N-]=[N+]=NC(=O)C[C@@H]1C[C@@H]2CC(=O)[C@H]1C2. The van der Waals surface area contributed by atoms with Gasteiger partial charge in [0, 0.05) is 23.7 Å². The van der Waals surface area contributed by atoms with E-state index in [1.54, 1.807) is 0 Å². The molecule has 0 aromatic rings. The van der Waals surface area contributed by atoms with Crippen molar-refractivity contribution in [2.75, 3.05) is 0 Å². The van der Waals surface area contributed by atoms with Crippen molar-refractivity contribution >= 4 is 11.7 Å². The van der Waals surface area contributed by atoms with Gasteiger partial charge in [-0.1, -0.05) is 0 Å². The highest BCUT2D eigenvalue weighted by Gasteiger charge is 2.45. The first-order chi connectivity index (χ1) is 6.70. The van der Waals surface area contributed by atoms with Crippen LogP contribution in [0, 0.1) is 17.8 Å². The Kier molecular flexibility index (Phi) is 2.25. The molecule has 1 amide bonds. The Labute approximate surface area is 81.1 Å². The summed E-state index contributed by atoms with van der Waals surface area (Å²) >= 11 is 0. The molecule has 74 valence electrons. The maximum absolute atomic E-state index is 11.4. The van der Waals surface area contributed by atoms with Crippen molar-refractivity contribution in [3.63, 3.8) is 0 Å². The lowest BCUT2D eigenvalue weighted by Crippen LogP contribution is -2.21. The predicted molar refractivity (Wildman–Crippen MR) is 48.1 cm³/mol. The Hall–Kier alpha value is -1.35. The Balaban J connectivity index is 1.98. The normalized spacial score (nSPS) is 34.3. The maximum Gasteiger partial charge on any atom is 0.219 e. The summed E-state index contributed by atoms with van der Waals surface area (Å²) in [5.74, 6) is 0.547. The molecule has 14 heavy (non-hydrogen) atoms. The van der Waals surface area contributed by atoms with Crippen molar-refractivity contribution in [3.05, 3.63) is 10.4 Å². The third-order valence-corrected chi connectivity index (χ3v) is 3.29. The predicted octanol–water partition coefficient (Wildman–Crippen LogP) is 1.83. The van der Waals surface area contributed by atoms with Crippen molar-refractivity contribution in [3.8, 4) is 0 Å².